The molecule has 20 heavy (non-hydrogen) atoms. The van der Waals surface area contributed by atoms with Gasteiger partial charge < -0.3 is 15.4 Å². The first-order valence-electron chi connectivity index (χ1n) is 7.91. The van der Waals surface area contributed by atoms with E-state index < -0.39 is 5.54 Å². The van der Waals surface area contributed by atoms with Gasteiger partial charge in [0.05, 0.1) is 19.3 Å². The van der Waals surface area contributed by atoms with Gasteiger partial charge in [0.2, 0.25) is 0 Å². The largest absolute Gasteiger partial charge is 0.379 e. The first-order valence-corrected chi connectivity index (χ1v) is 7.91. The Morgan fingerprint density at radius 2 is 2.10 bits per heavy atom. The maximum Gasteiger partial charge on any atom is 0.104 e. The fraction of sp³-hybridized carbons (Fsp3) is 0.933. The van der Waals surface area contributed by atoms with Crippen LogP contribution in [0.3, 0.4) is 0 Å². The van der Waals surface area contributed by atoms with Crippen LogP contribution in [0.4, 0.5) is 0 Å². The molecule has 0 radical (unpaired) electrons. The van der Waals surface area contributed by atoms with E-state index >= 15 is 0 Å². The van der Waals surface area contributed by atoms with Gasteiger partial charge in [-0.1, -0.05) is 6.92 Å². The number of morpholine rings is 1. The van der Waals surface area contributed by atoms with Crippen LogP contribution in [0, 0.1) is 11.3 Å². The van der Waals surface area contributed by atoms with E-state index in [1.165, 1.54) is 13.0 Å². The van der Waals surface area contributed by atoms with E-state index in [9.17, 15) is 0 Å². The van der Waals surface area contributed by atoms with Crippen LogP contribution in [0.1, 0.15) is 32.6 Å². The molecule has 2 heterocycles. The van der Waals surface area contributed by atoms with Crippen LogP contribution < -0.4 is 5.73 Å². The van der Waals surface area contributed by atoms with Crippen molar-refractivity contribution in [3.8, 4) is 6.07 Å². The first-order chi connectivity index (χ1) is 9.67. The van der Waals surface area contributed by atoms with Gasteiger partial charge in [-0.2, -0.15) is 5.26 Å². The lowest BCUT2D eigenvalue weighted by molar-refractivity contribution is 0.0185. The third-order valence-corrected chi connectivity index (χ3v) is 4.76. The second-order valence-corrected chi connectivity index (χ2v) is 6.12. The molecule has 0 amide bonds. The van der Waals surface area contributed by atoms with Gasteiger partial charge in [-0.25, -0.2) is 0 Å². The van der Waals surface area contributed by atoms with Crippen molar-refractivity contribution in [3.63, 3.8) is 0 Å². The summed E-state index contributed by atoms with van der Waals surface area (Å²) in [6, 6.07) is 2.95. The summed E-state index contributed by atoms with van der Waals surface area (Å²) in [5, 5.41) is 9.08. The van der Waals surface area contributed by atoms with Crippen LogP contribution >= 0.6 is 0 Å². The fourth-order valence-corrected chi connectivity index (χ4v) is 3.19. The Balaban J connectivity index is 1.67. The predicted octanol–water partition coefficient (Wildman–Crippen LogP) is 0.804. The molecule has 0 spiro atoms. The summed E-state index contributed by atoms with van der Waals surface area (Å²) in [6.07, 6.45) is 3.83. The third-order valence-electron chi connectivity index (χ3n) is 4.76. The predicted molar refractivity (Wildman–Crippen MR) is 79.3 cm³/mol. The minimum absolute atomic E-state index is 0.622. The van der Waals surface area contributed by atoms with Gasteiger partial charge in [0.25, 0.3) is 0 Å². The molecule has 2 unspecified atom stereocenters. The van der Waals surface area contributed by atoms with Crippen LogP contribution in [0.15, 0.2) is 0 Å². The smallest absolute Gasteiger partial charge is 0.104 e. The van der Waals surface area contributed by atoms with Crippen molar-refractivity contribution >= 4 is 0 Å². The molecular formula is C15H28N4O. The summed E-state index contributed by atoms with van der Waals surface area (Å²) in [5.74, 6) is 0. The summed E-state index contributed by atoms with van der Waals surface area (Å²) >= 11 is 0. The molecule has 2 aliphatic rings. The molecule has 0 aromatic carbocycles. The molecule has 114 valence electrons. The van der Waals surface area contributed by atoms with Crippen molar-refractivity contribution in [1.29, 1.82) is 5.26 Å². The average Bonchev–Trinajstić information content (AvgIpc) is 2.97. The van der Waals surface area contributed by atoms with Gasteiger partial charge in [0.15, 0.2) is 0 Å². The van der Waals surface area contributed by atoms with Gasteiger partial charge in [0, 0.05) is 25.7 Å². The number of nitrogens with two attached hydrogens (primary N) is 1. The molecule has 0 aromatic heterocycles. The molecule has 0 aromatic rings. The Hall–Kier alpha value is -0.670. The molecular weight excluding hydrogens is 252 g/mol. The van der Waals surface area contributed by atoms with Gasteiger partial charge in [-0.05, 0) is 38.8 Å². The van der Waals surface area contributed by atoms with Crippen LogP contribution in [-0.2, 0) is 4.74 Å². The van der Waals surface area contributed by atoms with Crippen molar-refractivity contribution in [3.05, 3.63) is 0 Å². The number of nitriles is 1. The van der Waals surface area contributed by atoms with Crippen molar-refractivity contribution in [1.82, 2.24) is 9.80 Å². The summed E-state index contributed by atoms with van der Waals surface area (Å²) in [5.41, 5.74) is 5.40. The summed E-state index contributed by atoms with van der Waals surface area (Å²) in [7, 11) is 0. The van der Waals surface area contributed by atoms with Gasteiger partial charge in [0.1, 0.15) is 5.54 Å². The number of rotatable bonds is 6. The molecule has 2 fully saturated rings. The highest BCUT2D eigenvalue weighted by molar-refractivity contribution is 5.03. The van der Waals surface area contributed by atoms with Crippen molar-refractivity contribution < 1.29 is 4.74 Å². The van der Waals surface area contributed by atoms with Crippen molar-refractivity contribution in [2.24, 2.45) is 5.73 Å². The number of nitrogens with zero attached hydrogens (tertiary/aromatic N) is 3. The quantitative estimate of drug-likeness (QED) is 0.780. The Labute approximate surface area is 122 Å². The standard InChI is InChI=1S/C15H28N4O/c1-2-15(17,13-16)5-3-6-18-7-4-14(12-18)19-8-10-20-11-9-19/h14H,2-12,17H2,1H3. The maximum atomic E-state index is 9.08. The van der Waals surface area contributed by atoms with Crippen LogP contribution in [0.2, 0.25) is 0 Å². The number of hydrogen-bond donors (Lipinski definition) is 1. The highest BCUT2D eigenvalue weighted by Crippen LogP contribution is 2.19. The molecule has 2 atom stereocenters. The molecule has 2 aliphatic heterocycles. The molecule has 2 N–H and O–H groups in total. The normalized spacial score (nSPS) is 28.1. The van der Waals surface area contributed by atoms with Gasteiger partial charge >= 0.3 is 0 Å². The Bertz CT molecular complexity index is 337. The Morgan fingerprint density at radius 3 is 2.75 bits per heavy atom. The summed E-state index contributed by atoms with van der Waals surface area (Å²) < 4.78 is 5.41. The lowest BCUT2D eigenvalue weighted by Crippen LogP contribution is -2.44. The molecule has 5 nitrogen and oxygen atoms in total. The van der Waals surface area contributed by atoms with Gasteiger partial charge in [-0.3, -0.25) is 4.90 Å². The van der Waals surface area contributed by atoms with E-state index in [1.807, 2.05) is 6.92 Å². The first kappa shape index (κ1) is 15.7. The molecule has 0 saturated carbocycles. The zero-order chi connectivity index (χ0) is 14.4. The topological polar surface area (TPSA) is 65.5 Å². The minimum atomic E-state index is -0.622. The highest BCUT2D eigenvalue weighted by atomic mass is 16.5. The monoisotopic (exact) mass is 280 g/mol. The SMILES string of the molecule is CCC(N)(C#N)CCCN1CCC(N2CCOCC2)C1. The van der Waals surface area contributed by atoms with Gasteiger partial charge in [-0.15, -0.1) is 0 Å². The summed E-state index contributed by atoms with van der Waals surface area (Å²) in [6.45, 7) is 9.32. The van der Waals surface area contributed by atoms with E-state index in [0.717, 1.165) is 58.7 Å². The van der Waals surface area contributed by atoms with E-state index in [1.54, 1.807) is 0 Å². The van der Waals surface area contributed by atoms with Crippen molar-refractivity contribution in [2.75, 3.05) is 45.9 Å². The van der Waals surface area contributed by atoms with E-state index in [4.69, 9.17) is 15.7 Å². The highest BCUT2D eigenvalue weighted by Gasteiger charge is 2.29. The average molecular weight is 280 g/mol. The molecule has 0 aliphatic carbocycles. The van der Waals surface area contributed by atoms with E-state index in [2.05, 4.69) is 15.9 Å². The minimum Gasteiger partial charge on any atom is -0.379 e. The second kappa shape index (κ2) is 7.37. The van der Waals surface area contributed by atoms with Crippen LogP contribution in [0.5, 0.6) is 0 Å². The number of hydrogen-bond acceptors (Lipinski definition) is 5. The number of likely N-dealkylation sites (tertiary alicyclic amines) is 1. The van der Waals surface area contributed by atoms with Crippen LogP contribution in [-0.4, -0.2) is 67.3 Å². The molecule has 2 saturated heterocycles. The second-order valence-electron chi connectivity index (χ2n) is 6.12. The molecule has 5 heteroatoms. The third kappa shape index (κ3) is 4.16. The Kier molecular flexibility index (Phi) is 5.79. The van der Waals surface area contributed by atoms with Crippen LogP contribution in [0.25, 0.3) is 0 Å². The van der Waals surface area contributed by atoms with E-state index in [0.29, 0.717) is 6.04 Å². The van der Waals surface area contributed by atoms with Crippen molar-refractivity contribution in [2.45, 2.75) is 44.2 Å². The zero-order valence-corrected chi connectivity index (χ0v) is 12.7. The van der Waals surface area contributed by atoms with E-state index in [-0.39, 0.29) is 0 Å². The fourth-order valence-electron chi connectivity index (χ4n) is 3.19. The number of ether oxygens (including phenoxy) is 1. The zero-order valence-electron chi connectivity index (χ0n) is 12.7. The molecule has 0 bridgehead atoms. The summed E-state index contributed by atoms with van der Waals surface area (Å²) in [4.78, 5) is 5.09. The maximum absolute atomic E-state index is 9.08. The Morgan fingerprint density at radius 1 is 1.35 bits per heavy atom. The lowest BCUT2D eigenvalue weighted by Gasteiger charge is -2.32. The molecule has 2 rings (SSSR count). The lowest BCUT2D eigenvalue weighted by atomic mass is 9.93.